The van der Waals surface area contributed by atoms with E-state index in [2.05, 4.69) is 5.32 Å². The third-order valence-electron chi connectivity index (χ3n) is 5.17. The highest BCUT2D eigenvalue weighted by Crippen LogP contribution is 2.30. The molecule has 4 rings (SSSR count). The van der Waals surface area contributed by atoms with Gasteiger partial charge in [0.15, 0.2) is 6.29 Å². The Labute approximate surface area is 164 Å². The van der Waals surface area contributed by atoms with Crippen LogP contribution in [0.2, 0.25) is 0 Å². The standard InChI is InChI=1S/C20H21NO8/c1-9-11-5-4-10(21-16-18(24)17(23)14(8-22)29-20(16)26)7-13(11)28-19(25)15(9)12-3-2-6-27-12/h2-7,14,16-18,20-24,26H,8H2,1H3/t14?,16?,17-,18-,20?/m1/s1. The van der Waals surface area contributed by atoms with Crippen molar-refractivity contribution < 1.29 is 34.0 Å². The average Bonchev–Trinajstić information content (AvgIpc) is 3.22. The van der Waals surface area contributed by atoms with E-state index in [1.165, 1.54) is 6.26 Å². The summed E-state index contributed by atoms with van der Waals surface area (Å²) in [6.45, 7) is 1.25. The zero-order valence-corrected chi connectivity index (χ0v) is 15.5. The van der Waals surface area contributed by atoms with Gasteiger partial charge in [0.05, 0.1) is 12.9 Å². The normalized spacial score (nSPS) is 27.3. The molecule has 1 saturated heterocycles. The van der Waals surface area contributed by atoms with Crippen molar-refractivity contribution in [2.75, 3.05) is 11.9 Å². The predicted molar refractivity (Wildman–Crippen MR) is 102 cm³/mol. The largest absolute Gasteiger partial charge is 0.464 e. The van der Waals surface area contributed by atoms with Gasteiger partial charge in [0.1, 0.15) is 41.3 Å². The van der Waals surface area contributed by atoms with Crippen molar-refractivity contribution in [1.82, 2.24) is 0 Å². The summed E-state index contributed by atoms with van der Waals surface area (Å²) in [5.74, 6) is 0.415. The fourth-order valence-electron chi connectivity index (χ4n) is 3.60. The summed E-state index contributed by atoms with van der Waals surface area (Å²) in [6.07, 6.45) is -3.84. The van der Waals surface area contributed by atoms with Crippen molar-refractivity contribution in [1.29, 1.82) is 0 Å². The van der Waals surface area contributed by atoms with Crippen molar-refractivity contribution >= 4 is 16.7 Å². The van der Waals surface area contributed by atoms with E-state index in [9.17, 15) is 20.1 Å². The Morgan fingerprint density at radius 2 is 1.93 bits per heavy atom. The van der Waals surface area contributed by atoms with Gasteiger partial charge in [-0.3, -0.25) is 0 Å². The molecule has 5 N–H and O–H groups in total. The van der Waals surface area contributed by atoms with E-state index in [4.69, 9.17) is 18.7 Å². The van der Waals surface area contributed by atoms with Gasteiger partial charge in [0.2, 0.25) is 0 Å². The minimum atomic E-state index is -1.46. The minimum absolute atomic E-state index is 0.308. The van der Waals surface area contributed by atoms with Gasteiger partial charge in [-0.15, -0.1) is 0 Å². The van der Waals surface area contributed by atoms with Crippen LogP contribution in [0.15, 0.2) is 50.2 Å². The summed E-state index contributed by atoms with van der Waals surface area (Å²) >= 11 is 0. The van der Waals surface area contributed by atoms with E-state index < -0.39 is 42.9 Å². The predicted octanol–water partition coefficient (Wildman–Crippen LogP) is 0.573. The van der Waals surface area contributed by atoms with Crippen molar-refractivity contribution in [2.24, 2.45) is 0 Å². The maximum atomic E-state index is 12.5. The molecule has 29 heavy (non-hydrogen) atoms. The molecule has 3 heterocycles. The van der Waals surface area contributed by atoms with E-state index in [1.807, 2.05) is 0 Å². The molecule has 0 amide bonds. The number of hydrogen-bond acceptors (Lipinski definition) is 9. The SMILES string of the molecule is Cc1c(-c2ccco2)c(=O)oc2cc(NC3C(O)OC(CO)[C@@H](O)[C@@H]3O)ccc12. The van der Waals surface area contributed by atoms with Gasteiger partial charge in [-0.1, -0.05) is 0 Å². The molecule has 0 bridgehead atoms. The molecule has 1 aliphatic rings. The lowest BCUT2D eigenvalue weighted by Crippen LogP contribution is -2.61. The first kappa shape index (κ1) is 19.6. The lowest BCUT2D eigenvalue weighted by molar-refractivity contribution is -0.245. The van der Waals surface area contributed by atoms with Crippen LogP contribution in [0.3, 0.4) is 0 Å². The smallest absolute Gasteiger partial charge is 0.347 e. The molecule has 9 heteroatoms. The molecule has 5 atom stereocenters. The van der Waals surface area contributed by atoms with Crippen LogP contribution in [-0.4, -0.2) is 57.7 Å². The van der Waals surface area contributed by atoms with E-state index in [-0.39, 0.29) is 0 Å². The Balaban J connectivity index is 1.66. The molecule has 0 radical (unpaired) electrons. The molecule has 0 saturated carbocycles. The fourth-order valence-corrected chi connectivity index (χ4v) is 3.60. The molecule has 154 valence electrons. The van der Waals surface area contributed by atoms with Gasteiger partial charge in [-0.25, -0.2) is 4.79 Å². The summed E-state index contributed by atoms with van der Waals surface area (Å²) in [6, 6.07) is 7.28. The summed E-state index contributed by atoms with van der Waals surface area (Å²) in [4.78, 5) is 12.5. The molecule has 0 spiro atoms. The number of anilines is 1. The molecule has 9 nitrogen and oxygen atoms in total. The maximum absolute atomic E-state index is 12.5. The molecule has 3 aromatic rings. The monoisotopic (exact) mass is 403 g/mol. The van der Waals surface area contributed by atoms with Gasteiger partial charge in [-0.2, -0.15) is 0 Å². The van der Waals surface area contributed by atoms with Crippen LogP contribution in [0.1, 0.15) is 5.56 Å². The number of fused-ring (bicyclic) bond motifs is 1. The van der Waals surface area contributed by atoms with Crippen LogP contribution >= 0.6 is 0 Å². The maximum Gasteiger partial charge on any atom is 0.347 e. The molecule has 0 aliphatic carbocycles. The summed E-state index contributed by atoms with van der Waals surface area (Å²) < 4.78 is 15.9. The van der Waals surface area contributed by atoms with Gasteiger partial charge in [-0.05, 0) is 36.8 Å². The highest BCUT2D eigenvalue weighted by atomic mass is 16.6. The fraction of sp³-hybridized carbons (Fsp3) is 0.350. The zero-order valence-electron chi connectivity index (χ0n) is 15.5. The van der Waals surface area contributed by atoms with Crippen molar-refractivity contribution in [3.63, 3.8) is 0 Å². The molecule has 1 aliphatic heterocycles. The van der Waals surface area contributed by atoms with Crippen LogP contribution < -0.4 is 10.9 Å². The van der Waals surface area contributed by atoms with Crippen molar-refractivity contribution in [3.8, 4) is 11.3 Å². The third kappa shape index (κ3) is 3.43. The van der Waals surface area contributed by atoms with Crippen LogP contribution in [0.5, 0.6) is 0 Å². The average molecular weight is 403 g/mol. The van der Waals surface area contributed by atoms with E-state index in [0.717, 1.165) is 0 Å². The van der Waals surface area contributed by atoms with Crippen LogP contribution in [-0.2, 0) is 4.74 Å². The van der Waals surface area contributed by atoms with E-state index >= 15 is 0 Å². The number of aliphatic hydroxyl groups excluding tert-OH is 4. The number of benzene rings is 1. The number of furan rings is 1. The minimum Gasteiger partial charge on any atom is -0.464 e. The first-order valence-electron chi connectivity index (χ1n) is 9.09. The molecule has 2 aromatic heterocycles. The Kier molecular flexibility index (Phi) is 5.15. The van der Waals surface area contributed by atoms with Crippen LogP contribution in [0, 0.1) is 6.92 Å². The van der Waals surface area contributed by atoms with Crippen molar-refractivity contribution in [3.05, 3.63) is 52.6 Å². The topological polar surface area (TPSA) is 146 Å². The number of hydrogen-bond donors (Lipinski definition) is 5. The molecule has 1 aromatic carbocycles. The quantitative estimate of drug-likeness (QED) is 0.395. The Bertz CT molecular complexity index is 1060. The number of aryl methyl sites for hydroxylation is 1. The summed E-state index contributed by atoms with van der Waals surface area (Å²) in [5.41, 5.74) is 1.23. The molecular weight excluding hydrogens is 382 g/mol. The van der Waals surface area contributed by atoms with E-state index in [0.29, 0.717) is 33.5 Å². The third-order valence-corrected chi connectivity index (χ3v) is 5.17. The summed E-state index contributed by atoms with van der Waals surface area (Å²) in [5, 5.41) is 43.1. The molecular formula is C20H21NO8. The Morgan fingerprint density at radius 1 is 1.14 bits per heavy atom. The number of aliphatic hydroxyl groups is 4. The van der Waals surface area contributed by atoms with Gasteiger partial charge in [0.25, 0.3) is 0 Å². The van der Waals surface area contributed by atoms with Gasteiger partial charge >= 0.3 is 5.63 Å². The first-order chi connectivity index (χ1) is 13.9. The first-order valence-corrected chi connectivity index (χ1v) is 9.09. The highest BCUT2D eigenvalue weighted by Gasteiger charge is 2.43. The second kappa shape index (κ2) is 7.62. The molecule has 3 unspecified atom stereocenters. The van der Waals surface area contributed by atoms with Gasteiger partial charge in [0, 0.05) is 17.1 Å². The lowest BCUT2D eigenvalue weighted by atomic mass is 9.96. The lowest BCUT2D eigenvalue weighted by Gasteiger charge is -2.40. The number of ether oxygens (including phenoxy) is 1. The molecule has 1 fully saturated rings. The van der Waals surface area contributed by atoms with Gasteiger partial charge < -0.3 is 39.3 Å². The summed E-state index contributed by atoms with van der Waals surface area (Å²) in [7, 11) is 0. The van der Waals surface area contributed by atoms with E-state index in [1.54, 1.807) is 37.3 Å². The Hall–Kier alpha value is -2.69. The van der Waals surface area contributed by atoms with Crippen molar-refractivity contribution in [2.45, 2.75) is 37.6 Å². The zero-order chi connectivity index (χ0) is 20.7. The number of nitrogens with one attached hydrogen (secondary N) is 1. The second-order valence-electron chi connectivity index (χ2n) is 6.98. The van der Waals surface area contributed by atoms with Crippen LogP contribution in [0.4, 0.5) is 5.69 Å². The number of rotatable bonds is 4. The van der Waals surface area contributed by atoms with Crippen LogP contribution in [0.25, 0.3) is 22.3 Å². The Morgan fingerprint density at radius 3 is 2.62 bits per heavy atom. The highest BCUT2D eigenvalue weighted by molar-refractivity contribution is 5.87. The second-order valence-corrected chi connectivity index (χ2v) is 6.98.